The van der Waals surface area contributed by atoms with Gasteiger partial charge < -0.3 is 24.6 Å². The number of rotatable bonds is 43. The van der Waals surface area contributed by atoms with Gasteiger partial charge in [-0.15, -0.1) is 0 Å². The zero-order chi connectivity index (χ0) is 40.5. The van der Waals surface area contributed by atoms with Gasteiger partial charge in [0, 0.05) is 12.8 Å². The Morgan fingerprint density at radius 3 is 1.31 bits per heavy atom. The number of unbranched alkanes of at least 4 members (excludes halogenated alkanes) is 27. The van der Waals surface area contributed by atoms with E-state index in [1.165, 1.54) is 141 Å². The van der Waals surface area contributed by atoms with Crippen LogP contribution in [0.2, 0.25) is 0 Å². The molecule has 0 amide bonds. The Bertz CT molecular complexity index is 930. The Morgan fingerprint density at radius 2 is 0.891 bits per heavy atom. The summed E-state index contributed by atoms with van der Waals surface area (Å²) < 4.78 is 32.7. The number of carbonyl (C=O) groups is 2. The molecule has 55 heavy (non-hydrogen) atoms. The quantitative estimate of drug-likeness (QED) is 0.0235. The summed E-state index contributed by atoms with van der Waals surface area (Å²) in [5, 5.41) is 18.3. The summed E-state index contributed by atoms with van der Waals surface area (Å²) >= 11 is 0. The van der Waals surface area contributed by atoms with Gasteiger partial charge in [0.05, 0.1) is 19.8 Å². The molecule has 0 bridgehead atoms. The molecule has 11 heteroatoms. The van der Waals surface area contributed by atoms with E-state index in [4.69, 9.17) is 23.6 Å². The highest BCUT2D eigenvalue weighted by Gasteiger charge is 2.27. The van der Waals surface area contributed by atoms with E-state index in [1.54, 1.807) is 0 Å². The van der Waals surface area contributed by atoms with Crippen molar-refractivity contribution in [3.05, 3.63) is 12.2 Å². The number of hydrogen-bond donors (Lipinski definition) is 3. The van der Waals surface area contributed by atoms with Crippen molar-refractivity contribution in [2.45, 2.75) is 232 Å². The number of ether oxygens (including phenoxy) is 2. The summed E-state index contributed by atoms with van der Waals surface area (Å²) in [7, 11) is -4.61. The molecule has 0 heterocycles. The van der Waals surface area contributed by atoms with Crippen molar-refractivity contribution in [2.75, 3.05) is 26.4 Å². The lowest BCUT2D eigenvalue weighted by atomic mass is 10.0. The molecule has 0 aromatic heterocycles. The molecular formula is C44H85O10P. The SMILES string of the molecule is CCCCCCCC/C=C/CCCCCCCCCCCC(=O)OC[C@@H](COP(=O)(O)OC[C@H](O)CO)OC(=O)CCCCCCCCCCCCCCC. The second-order valence-electron chi connectivity index (χ2n) is 15.4. The lowest BCUT2D eigenvalue weighted by Gasteiger charge is -2.20. The first-order chi connectivity index (χ1) is 26.7. The van der Waals surface area contributed by atoms with Gasteiger partial charge in [0.1, 0.15) is 12.7 Å². The van der Waals surface area contributed by atoms with E-state index < -0.39 is 51.8 Å². The molecule has 0 saturated heterocycles. The molecule has 0 aromatic rings. The molecule has 326 valence electrons. The van der Waals surface area contributed by atoms with Crippen LogP contribution < -0.4 is 0 Å². The molecule has 1 unspecified atom stereocenters. The zero-order valence-corrected chi connectivity index (χ0v) is 36.3. The summed E-state index contributed by atoms with van der Waals surface area (Å²) in [6, 6.07) is 0. The Kier molecular flexibility index (Phi) is 39.9. The highest BCUT2D eigenvalue weighted by Crippen LogP contribution is 2.43. The first kappa shape index (κ1) is 53.7. The van der Waals surface area contributed by atoms with Crippen molar-refractivity contribution in [2.24, 2.45) is 0 Å². The predicted octanol–water partition coefficient (Wildman–Crippen LogP) is 12.0. The van der Waals surface area contributed by atoms with Crippen molar-refractivity contribution < 1.29 is 47.8 Å². The monoisotopic (exact) mass is 805 g/mol. The van der Waals surface area contributed by atoms with Gasteiger partial charge >= 0.3 is 19.8 Å². The van der Waals surface area contributed by atoms with Crippen LogP contribution >= 0.6 is 7.82 Å². The molecule has 0 rings (SSSR count). The van der Waals surface area contributed by atoms with Crippen molar-refractivity contribution >= 4 is 19.8 Å². The van der Waals surface area contributed by atoms with E-state index in [1.807, 2.05) is 0 Å². The van der Waals surface area contributed by atoms with Crippen LogP contribution in [0.1, 0.15) is 219 Å². The van der Waals surface area contributed by atoms with Crippen LogP contribution in [0, 0.1) is 0 Å². The van der Waals surface area contributed by atoms with Gasteiger partial charge in [0.15, 0.2) is 6.10 Å². The summed E-state index contributed by atoms with van der Waals surface area (Å²) in [5.74, 6) is -0.916. The molecule has 0 spiro atoms. The number of phosphoric acid groups is 1. The third-order valence-electron chi connectivity index (χ3n) is 9.92. The van der Waals surface area contributed by atoms with Crippen molar-refractivity contribution in [1.29, 1.82) is 0 Å². The summed E-state index contributed by atoms with van der Waals surface area (Å²) in [6.07, 6.45) is 38.9. The third kappa shape index (κ3) is 40.7. The van der Waals surface area contributed by atoms with Crippen LogP contribution in [0.15, 0.2) is 12.2 Å². The minimum Gasteiger partial charge on any atom is -0.462 e. The minimum atomic E-state index is -4.61. The Balaban J connectivity index is 4.21. The van der Waals surface area contributed by atoms with Gasteiger partial charge in [-0.25, -0.2) is 4.57 Å². The summed E-state index contributed by atoms with van der Waals surface area (Å²) in [4.78, 5) is 35.0. The van der Waals surface area contributed by atoms with Crippen LogP contribution in [0.25, 0.3) is 0 Å². The molecule has 10 nitrogen and oxygen atoms in total. The maximum Gasteiger partial charge on any atom is 0.472 e. The van der Waals surface area contributed by atoms with Crippen LogP contribution in [-0.4, -0.2) is 65.7 Å². The normalized spacial score (nSPS) is 13.9. The standard InChI is InChI=1S/C44H85O10P/c1-3-5-7-9-11-13-15-17-18-19-20-21-22-24-25-27-29-31-33-35-43(47)51-39-42(40-53-55(49,50)52-38-41(46)37-45)54-44(48)36-34-32-30-28-26-23-16-14-12-10-8-6-4-2/h17-18,41-42,45-46H,3-16,19-40H2,1-2H3,(H,49,50)/b18-17+/t41-,42+/m1/s1. The van der Waals surface area contributed by atoms with Gasteiger partial charge in [0.25, 0.3) is 0 Å². The van der Waals surface area contributed by atoms with Crippen molar-refractivity contribution in [3.8, 4) is 0 Å². The largest absolute Gasteiger partial charge is 0.472 e. The zero-order valence-electron chi connectivity index (χ0n) is 35.4. The Morgan fingerprint density at radius 1 is 0.527 bits per heavy atom. The smallest absolute Gasteiger partial charge is 0.462 e. The molecule has 3 atom stereocenters. The highest BCUT2D eigenvalue weighted by atomic mass is 31.2. The fraction of sp³-hybridized carbons (Fsp3) is 0.909. The average molecular weight is 805 g/mol. The molecule has 0 fully saturated rings. The van der Waals surface area contributed by atoms with Crippen molar-refractivity contribution in [3.63, 3.8) is 0 Å². The maximum absolute atomic E-state index is 12.6. The molecule has 3 N–H and O–H groups in total. The van der Waals surface area contributed by atoms with E-state index in [9.17, 15) is 24.2 Å². The van der Waals surface area contributed by atoms with Gasteiger partial charge in [-0.1, -0.05) is 180 Å². The van der Waals surface area contributed by atoms with Gasteiger partial charge in [0.2, 0.25) is 0 Å². The summed E-state index contributed by atoms with van der Waals surface area (Å²) in [5.41, 5.74) is 0. The first-order valence-electron chi connectivity index (χ1n) is 22.6. The predicted molar refractivity (Wildman–Crippen MR) is 224 cm³/mol. The fourth-order valence-electron chi connectivity index (χ4n) is 6.40. The minimum absolute atomic E-state index is 0.189. The number of carbonyl (C=O) groups excluding carboxylic acids is 2. The lowest BCUT2D eigenvalue weighted by Crippen LogP contribution is -2.29. The van der Waals surface area contributed by atoms with Crippen LogP contribution in [0.3, 0.4) is 0 Å². The maximum atomic E-state index is 12.6. The molecular weight excluding hydrogens is 719 g/mol. The molecule has 0 radical (unpaired) electrons. The number of aliphatic hydroxyl groups excluding tert-OH is 2. The molecule has 0 aliphatic carbocycles. The van der Waals surface area contributed by atoms with Crippen LogP contribution in [0.4, 0.5) is 0 Å². The number of allylic oxidation sites excluding steroid dienone is 2. The molecule has 0 aromatic carbocycles. The number of phosphoric ester groups is 1. The Hall–Kier alpha value is -1.29. The third-order valence-corrected chi connectivity index (χ3v) is 10.9. The van der Waals surface area contributed by atoms with Crippen LogP contribution in [0.5, 0.6) is 0 Å². The van der Waals surface area contributed by atoms with E-state index in [-0.39, 0.29) is 19.4 Å². The molecule has 0 aliphatic rings. The number of aliphatic hydroxyl groups is 2. The highest BCUT2D eigenvalue weighted by molar-refractivity contribution is 7.47. The second-order valence-corrected chi connectivity index (χ2v) is 16.9. The average Bonchev–Trinajstić information content (AvgIpc) is 3.17. The lowest BCUT2D eigenvalue weighted by molar-refractivity contribution is -0.161. The summed E-state index contributed by atoms with van der Waals surface area (Å²) in [6.45, 7) is 2.40. The van der Waals surface area contributed by atoms with E-state index in [2.05, 4.69) is 26.0 Å². The molecule has 0 aliphatic heterocycles. The molecule has 0 saturated carbocycles. The fourth-order valence-corrected chi connectivity index (χ4v) is 7.19. The number of hydrogen-bond acceptors (Lipinski definition) is 9. The van der Waals surface area contributed by atoms with Gasteiger partial charge in [-0.2, -0.15) is 0 Å². The van der Waals surface area contributed by atoms with Crippen molar-refractivity contribution in [1.82, 2.24) is 0 Å². The van der Waals surface area contributed by atoms with E-state index >= 15 is 0 Å². The van der Waals surface area contributed by atoms with E-state index in [0.717, 1.165) is 38.5 Å². The second kappa shape index (κ2) is 40.9. The van der Waals surface area contributed by atoms with E-state index in [0.29, 0.717) is 12.8 Å². The first-order valence-corrected chi connectivity index (χ1v) is 24.1. The van der Waals surface area contributed by atoms with Crippen LogP contribution in [-0.2, 0) is 32.7 Å². The topological polar surface area (TPSA) is 149 Å². The van der Waals surface area contributed by atoms with Gasteiger partial charge in [-0.3, -0.25) is 18.6 Å². The number of esters is 2. The van der Waals surface area contributed by atoms with Gasteiger partial charge in [-0.05, 0) is 38.5 Å². The Labute approximate surface area is 336 Å².